The van der Waals surface area contributed by atoms with Gasteiger partial charge in [-0.15, -0.1) is 6.58 Å². The molecule has 3 heteroatoms. The molecule has 0 aliphatic heterocycles. The molecule has 1 atom stereocenters. The molecule has 0 fully saturated rings. The van der Waals surface area contributed by atoms with Gasteiger partial charge in [0.15, 0.2) is 0 Å². The van der Waals surface area contributed by atoms with Crippen molar-refractivity contribution >= 4 is 6.08 Å². The SMILES string of the molecule is C=CCOC(/C(=C\c1cccnc1)Oc1ccc(C)cc1C)C(C)(C)C. The molecule has 0 aliphatic rings. The normalized spacial score (nSPS) is 13.3. The Kier molecular flexibility index (Phi) is 6.76. The van der Waals surface area contributed by atoms with Crippen LogP contribution >= 0.6 is 0 Å². The van der Waals surface area contributed by atoms with E-state index in [1.807, 2.05) is 30.5 Å². The Balaban J connectivity index is 2.46. The zero-order chi connectivity index (χ0) is 19.2. The predicted octanol–water partition coefficient (Wildman–Crippen LogP) is 5.74. The van der Waals surface area contributed by atoms with Crippen molar-refractivity contribution in [2.24, 2.45) is 5.41 Å². The summed E-state index contributed by atoms with van der Waals surface area (Å²) in [5, 5.41) is 0. The predicted molar refractivity (Wildman–Crippen MR) is 108 cm³/mol. The number of aromatic nitrogens is 1. The third-order valence-electron chi connectivity index (χ3n) is 3.98. The Labute approximate surface area is 157 Å². The van der Waals surface area contributed by atoms with E-state index < -0.39 is 0 Å². The highest BCUT2D eigenvalue weighted by atomic mass is 16.5. The average Bonchev–Trinajstić information content (AvgIpc) is 2.57. The van der Waals surface area contributed by atoms with Crippen molar-refractivity contribution in [1.29, 1.82) is 0 Å². The molecule has 2 aromatic rings. The summed E-state index contributed by atoms with van der Waals surface area (Å²) < 4.78 is 12.5. The van der Waals surface area contributed by atoms with Crippen molar-refractivity contribution in [3.8, 4) is 5.75 Å². The van der Waals surface area contributed by atoms with Gasteiger partial charge in [0, 0.05) is 12.4 Å². The highest BCUT2D eigenvalue weighted by Gasteiger charge is 2.31. The molecule has 0 saturated carbocycles. The summed E-state index contributed by atoms with van der Waals surface area (Å²) in [6.07, 6.45) is 7.13. The van der Waals surface area contributed by atoms with Gasteiger partial charge in [-0.25, -0.2) is 0 Å². The van der Waals surface area contributed by atoms with Crippen LogP contribution in [0.15, 0.2) is 61.1 Å². The zero-order valence-corrected chi connectivity index (χ0v) is 16.5. The summed E-state index contributed by atoms with van der Waals surface area (Å²) in [5.41, 5.74) is 3.14. The Morgan fingerprint density at radius 3 is 2.58 bits per heavy atom. The summed E-state index contributed by atoms with van der Waals surface area (Å²) in [7, 11) is 0. The Bertz CT molecular complexity index is 758. The zero-order valence-electron chi connectivity index (χ0n) is 16.5. The highest BCUT2D eigenvalue weighted by Crippen LogP contribution is 2.32. The van der Waals surface area contributed by atoms with E-state index in [0.717, 1.165) is 22.6 Å². The minimum absolute atomic E-state index is 0.143. The van der Waals surface area contributed by atoms with Gasteiger partial charge in [-0.05, 0) is 48.6 Å². The number of benzene rings is 1. The summed E-state index contributed by atoms with van der Waals surface area (Å²) in [6.45, 7) is 14.8. The van der Waals surface area contributed by atoms with Crippen LogP contribution in [-0.2, 0) is 4.74 Å². The molecule has 0 saturated heterocycles. The molecule has 1 heterocycles. The molecule has 138 valence electrons. The fourth-order valence-electron chi connectivity index (χ4n) is 2.75. The van der Waals surface area contributed by atoms with E-state index in [1.165, 1.54) is 5.56 Å². The number of hydrogen-bond donors (Lipinski definition) is 0. The van der Waals surface area contributed by atoms with Gasteiger partial charge in [0.05, 0.1) is 6.61 Å². The number of pyridine rings is 1. The molecule has 0 bridgehead atoms. The average molecular weight is 351 g/mol. The second kappa shape index (κ2) is 8.81. The second-order valence-corrected chi connectivity index (χ2v) is 7.57. The first-order valence-corrected chi connectivity index (χ1v) is 8.90. The monoisotopic (exact) mass is 351 g/mol. The molecule has 1 aromatic heterocycles. The lowest BCUT2D eigenvalue weighted by molar-refractivity contribution is 0.00167. The fraction of sp³-hybridized carbons (Fsp3) is 0.348. The van der Waals surface area contributed by atoms with E-state index in [4.69, 9.17) is 9.47 Å². The topological polar surface area (TPSA) is 31.4 Å². The first-order chi connectivity index (χ1) is 12.3. The van der Waals surface area contributed by atoms with Crippen molar-refractivity contribution < 1.29 is 9.47 Å². The van der Waals surface area contributed by atoms with Crippen molar-refractivity contribution in [1.82, 2.24) is 4.98 Å². The maximum absolute atomic E-state index is 6.36. The van der Waals surface area contributed by atoms with Crippen LogP contribution in [0.4, 0.5) is 0 Å². The van der Waals surface area contributed by atoms with E-state index in [-0.39, 0.29) is 11.5 Å². The van der Waals surface area contributed by atoms with Crippen LogP contribution in [0, 0.1) is 19.3 Å². The lowest BCUT2D eigenvalue weighted by Crippen LogP contribution is -2.33. The number of aryl methyl sites for hydroxylation is 2. The first-order valence-electron chi connectivity index (χ1n) is 8.90. The van der Waals surface area contributed by atoms with Crippen LogP contribution in [0.1, 0.15) is 37.5 Å². The largest absolute Gasteiger partial charge is 0.459 e. The number of hydrogen-bond acceptors (Lipinski definition) is 3. The Hall–Kier alpha value is -2.39. The summed E-state index contributed by atoms with van der Waals surface area (Å²) >= 11 is 0. The molecule has 1 aromatic carbocycles. The molecule has 0 radical (unpaired) electrons. The van der Waals surface area contributed by atoms with E-state index in [0.29, 0.717) is 6.61 Å². The van der Waals surface area contributed by atoms with Crippen LogP contribution in [0.2, 0.25) is 0 Å². The maximum atomic E-state index is 6.36. The lowest BCUT2D eigenvalue weighted by Gasteiger charge is -2.32. The molecule has 0 N–H and O–H groups in total. The molecule has 2 rings (SSSR count). The second-order valence-electron chi connectivity index (χ2n) is 7.57. The van der Waals surface area contributed by atoms with Gasteiger partial charge in [-0.1, -0.05) is 50.6 Å². The number of rotatable bonds is 7. The van der Waals surface area contributed by atoms with E-state index in [2.05, 4.69) is 58.3 Å². The van der Waals surface area contributed by atoms with Crippen molar-refractivity contribution in [3.05, 3.63) is 77.8 Å². The van der Waals surface area contributed by atoms with Gasteiger partial charge >= 0.3 is 0 Å². The molecular formula is C23H29NO2. The highest BCUT2D eigenvalue weighted by molar-refractivity contribution is 5.52. The molecule has 0 aliphatic carbocycles. The van der Waals surface area contributed by atoms with Crippen LogP contribution < -0.4 is 4.74 Å². The minimum Gasteiger partial charge on any atom is -0.459 e. The third kappa shape index (κ3) is 5.57. The van der Waals surface area contributed by atoms with Gasteiger partial charge in [-0.3, -0.25) is 4.98 Å². The molecule has 1 unspecified atom stereocenters. The Morgan fingerprint density at radius 2 is 2.00 bits per heavy atom. The third-order valence-corrected chi connectivity index (χ3v) is 3.98. The van der Waals surface area contributed by atoms with Crippen molar-refractivity contribution in [2.45, 2.75) is 40.7 Å². The first kappa shape index (κ1) is 19.9. The van der Waals surface area contributed by atoms with Gasteiger partial charge < -0.3 is 9.47 Å². The van der Waals surface area contributed by atoms with E-state index in [1.54, 1.807) is 12.3 Å². The summed E-state index contributed by atoms with van der Waals surface area (Å²) in [4.78, 5) is 4.20. The standard InChI is InChI=1S/C23H29NO2/c1-7-13-25-22(23(4,5)6)21(15-19-9-8-12-24-16-19)26-20-11-10-17(2)14-18(20)3/h7-12,14-16,22H,1,13H2,2-6H3/b21-15+. The van der Waals surface area contributed by atoms with Gasteiger partial charge in [0.1, 0.15) is 17.6 Å². The maximum Gasteiger partial charge on any atom is 0.134 e. The van der Waals surface area contributed by atoms with Crippen molar-refractivity contribution in [3.63, 3.8) is 0 Å². The molecule has 3 nitrogen and oxygen atoms in total. The van der Waals surface area contributed by atoms with Gasteiger partial charge in [-0.2, -0.15) is 0 Å². The summed E-state index contributed by atoms with van der Waals surface area (Å²) in [6, 6.07) is 10.1. The Morgan fingerprint density at radius 1 is 1.23 bits per heavy atom. The molecule has 0 spiro atoms. The van der Waals surface area contributed by atoms with Crippen LogP contribution in [0.3, 0.4) is 0 Å². The lowest BCUT2D eigenvalue weighted by atomic mass is 9.87. The smallest absolute Gasteiger partial charge is 0.134 e. The van der Waals surface area contributed by atoms with Crippen LogP contribution in [-0.4, -0.2) is 17.7 Å². The van der Waals surface area contributed by atoms with Crippen molar-refractivity contribution in [2.75, 3.05) is 6.61 Å². The van der Waals surface area contributed by atoms with Crippen LogP contribution in [0.25, 0.3) is 6.08 Å². The summed E-state index contributed by atoms with van der Waals surface area (Å²) in [5.74, 6) is 1.60. The molecular weight excluding hydrogens is 322 g/mol. The van der Waals surface area contributed by atoms with Gasteiger partial charge in [0.25, 0.3) is 0 Å². The quantitative estimate of drug-likeness (QED) is 0.471. The van der Waals surface area contributed by atoms with Crippen LogP contribution in [0.5, 0.6) is 5.75 Å². The number of ether oxygens (including phenoxy) is 2. The molecule has 26 heavy (non-hydrogen) atoms. The fourth-order valence-corrected chi connectivity index (χ4v) is 2.75. The number of nitrogens with zero attached hydrogens (tertiary/aromatic N) is 1. The minimum atomic E-state index is -0.221. The van der Waals surface area contributed by atoms with E-state index >= 15 is 0 Å². The molecule has 0 amide bonds. The van der Waals surface area contributed by atoms with E-state index in [9.17, 15) is 0 Å². The van der Waals surface area contributed by atoms with Gasteiger partial charge in [0.2, 0.25) is 0 Å².